The molecule has 0 amide bonds. The molecule has 18 heavy (non-hydrogen) atoms. The lowest BCUT2D eigenvalue weighted by atomic mass is 10.5. The molecular weight excluding hydrogens is 252 g/mol. The fraction of sp³-hybridized carbons (Fsp3) is 0.818. The van der Waals surface area contributed by atoms with E-state index >= 15 is 0 Å². The standard InChI is InChI=1S/C11H22N4O2S/c1-10-13-14-11(15(10)5-4-12)18-9-8-17-7-3-6-16-2/h3-9,12H2,1-2H3. The third kappa shape index (κ3) is 5.34. The lowest BCUT2D eigenvalue weighted by Gasteiger charge is -2.06. The first kappa shape index (κ1) is 15.4. The van der Waals surface area contributed by atoms with Gasteiger partial charge in [-0.05, 0) is 13.3 Å². The minimum absolute atomic E-state index is 0.597. The van der Waals surface area contributed by atoms with Gasteiger partial charge in [0.05, 0.1) is 6.61 Å². The van der Waals surface area contributed by atoms with Gasteiger partial charge in [-0.2, -0.15) is 0 Å². The minimum Gasteiger partial charge on any atom is -0.385 e. The second kappa shape index (κ2) is 9.32. The Kier molecular flexibility index (Phi) is 7.99. The van der Waals surface area contributed by atoms with Gasteiger partial charge in [-0.25, -0.2) is 0 Å². The van der Waals surface area contributed by atoms with E-state index < -0.39 is 0 Å². The molecule has 0 spiro atoms. The van der Waals surface area contributed by atoms with Gasteiger partial charge in [0, 0.05) is 39.2 Å². The zero-order chi connectivity index (χ0) is 13.2. The van der Waals surface area contributed by atoms with Crippen molar-refractivity contribution >= 4 is 11.8 Å². The molecule has 1 rings (SSSR count). The van der Waals surface area contributed by atoms with Gasteiger partial charge in [0.1, 0.15) is 5.82 Å². The number of methoxy groups -OCH3 is 1. The molecule has 0 atom stereocenters. The van der Waals surface area contributed by atoms with Crippen LogP contribution in [-0.2, 0) is 16.0 Å². The Morgan fingerprint density at radius 1 is 1.28 bits per heavy atom. The first-order valence-corrected chi connectivity index (χ1v) is 7.07. The van der Waals surface area contributed by atoms with E-state index in [2.05, 4.69) is 10.2 Å². The van der Waals surface area contributed by atoms with Gasteiger partial charge in [0.15, 0.2) is 5.16 Å². The molecule has 6 nitrogen and oxygen atoms in total. The zero-order valence-electron chi connectivity index (χ0n) is 11.1. The maximum Gasteiger partial charge on any atom is 0.191 e. The summed E-state index contributed by atoms with van der Waals surface area (Å²) in [6.45, 7) is 5.49. The molecule has 0 unspecified atom stereocenters. The molecule has 0 aliphatic carbocycles. The summed E-state index contributed by atoms with van der Waals surface area (Å²) in [7, 11) is 1.70. The number of ether oxygens (including phenoxy) is 2. The second-order valence-corrected chi connectivity index (χ2v) is 4.84. The summed E-state index contributed by atoms with van der Waals surface area (Å²) in [5.74, 6) is 1.78. The highest BCUT2D eigenvalue weighted by Gasteiger charge is 2.07. The third-order valence-electron chi connectivity index (χ3n) is 2.35. The summed E-state index contributed by atoms with van der Waals surface area (Å²) in [6.07, 6.45) is 0.934. The van der Waals surface area contributed by atoms with Crippen LogP contribution in [0.5, 0.6) is 0 Å². The third-order valence-corrected chi connectivity index (χ3v) is 3.28. The van der Waals surface area contributed by atoms with Gasteiger partial charge in [0.25, 0.3) is 0 Å². The van der Waals surface area contributed by atoms with Crippen molar-refractivity contribution in [1.82, 2.24) is 14.8 Å². The van der Waals surface area contributed by atoms with Crippen LogP contribution in [0.15, 0.2) is 5.16 Å². The quantitative estimate of drug-likeness (QED) is 0.500. The van der Waals surface area contributed by atoms with E-state index in [1.165, 1.54) is 0 Å². The normalized spacial score (nSPS) is 11.1. The molecule has 2 N–H and O–H groups in total. The van der Waals surface area contributed by atoms with Gasteiger partial charge in [0.2, 0.25) is 0 Å². The van der Waals surface area contributed by atoms with E-state index in [1.807, 2.05) is 11.5 Å². The second-order valence-electron chi connectivity index (χ2n) is 3.78. The van der Waals surface area contributed by atoms with E-state index in [-0.39, 0.29) is 0 Å². The number of hydrogen-bond donors (Lipinski definition) is 1. The van der Waals surface area contributed by atoms with Gasteiger partial charge in [-0.1, -0.05) is 11.8 Å². The minimum atomic E-state index is 0.597. The summed E-state index contributed by atoms with van der Waals surface area (Å²) in [5.41, 5.74) is 5.56. The Labute approximate surface area is 112 Å². The smallest absolute Gasteiger partial charge is 0.191 e. The number of rotatable bonds is 10. The molecule has 0 fully saturated rings. The molecular formula is C11H22N4O2S. The summed E-state index contributed by atoms with van der Waals surface area (Å²) in [4.78, 5) is 0. The van der Waals surface area contributed by atoms with Crippen molar-refractivity contribution in [3.8, 4) is 0 Å². The lowest BCUT2D eigenvalue weighted by Crippen LogP contribution is -2.12. The van der Waals surface area contributed by atoms with Crippen molar-refractivity contribution in [1.29, 1.82) is 0 Å². The first-order chi connectivity index (χ1) is 8.79. The van der Waals surface area contributed by atoms with Crippen molar-refractivity contribution in [3.05, 3.63) is 5.82 Å². The number of aromatic nitrogens is 3. The lowest BCUT2D eigenvalue weighted by molar-refractivity contribution is 0.113. The van der Waals surface area contributed by atoms with Crippen LogP contribution >= 0.6 is 11.8 Å². The van der Waals surface area contributed by atoms with Crippen LogP contribution in [0.4, 0.5) is 0 Å². The predicted molar refractivity (Wildman–Crippen MR) is 71.8 cm³/mol. The number of nitrogens with zero attached hydrogens (tertiary/aromatic N) is 3. The molecule has 104 valence electrons. The van der Waals surface area contributed by atoms with Crippen molar-refractivity contribution in [2.75, 3.05) is 39.2 Å². The Bertz CT molecular complexity index is 333. The summed E-state index contributed by atoms with van der Waals surface area (Å²) in [6, 6.07) is 0. The zero-order valence-corrected chi connectivity index (χ0v) is 11.9. The monoisotopic (exact) mass is 274 g/mol. The highest BCUT2D eigenvalue weighted by molar-refractivity contribution is 7.99. The fourth-order valence-corrected chi connectivity index (χ4v) is 2.32. The highest BCUT2D eigenvalue weighted by Crippen LogP contribution is 2.16. The molecule has 0 bridgehead atoms. The van der Waals surface area contributed by atoms with Crippen LogP contribution in [0.25, 0.3) is 0 Å². The van der Waals surface area contributed by atoms with Crippen LogP contribution in [0.1, 0.15) is 12.2 Å². The molecule has 7 heteroatoms. The SMILES string of the molecule is COCCCOCCSc1nnc(C)n1CCN. The van der Waals surface area contributed by atoms with Crippen molar-refractivity contribution in [2.45, 2.75) is 25.0 Å². The van der Waals surface area contributed by atoms with Crippen molar-refractivity contribution < 1.29 is 9.47 Å². The van der Waals surface area contributed by atoms with Crippen LogP contribution in [0, 0.1) is 6.92 Å². The Hall–Kier alpha value is -0.630. The van der Waals surface area contributed by atoms with Gasteiger partial charge in [-0.3, -0.25) is 0 Å². The Balaban J connectivity index is 2.18. The van der Waals surface area contributed by atoms with Crippen molar-refractivity contribution in [3.63, 3.8) is 0 Å². The van der Waals surface area contributed by atoms with Crippen LogP contribution in [0.2, 0.25) is 0 Å². The maximum atomic E-state index is 5.56. The summed E-state index contributed by atoms with van der Waals surface area (Å²) >= 11 is 1.65. The number of thioether (sulfide) groups is 1. The topological polar surface area (TPSA) is 75.2 Å². The highest BCUT2D eigenvalue weighted by atomic mass is 32.2. The first-order valence-electron chi connectivity index (χ1n) is 6.09. The molecule has 0 aliphatic heterocycles. The van der Waals surface area contributed by atoms with Crippen LogP contribution in [0.3, 0.4) is 0 Å². The van der Waals surface area contributed by atoms with E-state index in [0.717, 1.165) is 42.9 Å². The number of nitrogens with two attached hydrogens (primary N) is 1. The van der Waals surface area contributed by atoms with E-state index in [1.54, 1.807) is 18.9 Å². The van der Waals surface area contributed by atoms with Crippen LogP contribution < -0.4 is 5.73 Å². The average Bonchev–Trinajstić information content (AvgIpc) is 2.71. The van der Waals surface area contributed by atoms with Gasteiger partial charge >= 0.3 is 0 Å². The molecule has 0 saturated carbocycles. The molecule has 0 aliphatic rings. The Morgan fingerprint density at radius 3 is 2.83 bits per heavy atom. The fourth-order valence-electron chi connectivity index (χ4n) is 1.45. The molecule has 1 heterocycles. The molecule has 1 aromatic heterocycles. The molecule has 0 saturated heterocycles. The summed E-state index contributed by atoms with van der Waals surface area (Å²) in [5, 5.41) is 9.10. The van der Waals surface area contributed by atoms with Crippen LogP contribution in [-0.4, -0.2) is 54.0 Å². The maximum absolute atomic E-state index is 5.56. The van der Waals surface area contributed by atoms with E-state index in [0.29, 0.717) is 13.2 Å². The number of aryl methyl sites for hydroxylation is 1. The largest absolute Gasteiger partial charge is 0.385 e. The van der Waals surface area contributed by atoms with Crippen molar-refractivity contribution in [2.24, 2.45) is 5.73 Å². The van der Waals surface area contributed by atoms with Gasteiger partial charge < -0.3 is 19.8 Å². The molecule has 0 aromatic carbocycles. The predicted octanol–water partition coefficient (Wildman–Crippen LogP) is 0.690. The summed E-state index contributed by atoms with van der Waals surface area (Å²) < 4.78 is 12.5. The molecule has 1 aromatic rings. The van der Waals surface area contributed by atoms with E-state index in [9.17, 15) is 0 Å². The van der Waals surface area contributed by atoms with Gasteiger partial charge in [-0.15, -0.1) is 10.2 Å². The van der Waals surface area contributed by atoms with E-state index in [4.69, 9.17) is 15.2 Å². The molecule has 0 radical (unpaired) electrons. The average molecular weight is 274 g/mol. The number of hydrogen-bond acceptors (Lipinski definition) is 6. The Morgan fingerprint density at radius 2 is 2.11 bits per heavy atom.